The van der Waals surface area contributed by atoms with Crippen molar-refractivity contribution in [1.82, 2.24) is 0 Å². The summed E-state index contributed by atoms with van der Waals surface area (Å²) in [6.07, 6.45) is 5.35. The zero-order chi connectivity index (χ0) is 14.5. The van der Waals surface area contributed by atoms with Gasteiger partial charge in [0.2, 0.25) is 0 Å². The average molecular weight is 323 g/mol. The highest BCUT2D eigenvalue weighted by atomic mass is 35.5. The summed E-state index contributed by atoms with van der Waals surface area (Å²) in [5.74, 6) is -0.0995. The Hall–Kier alpha value is -1.22. The molecule has 0 saturated carbocycles. The van der Waals surface area contributed by atoms with E-state index >= 15 is 0 Å². The number of benzene rings is 2. The number of thioether (sulfide) groups is 1. The minimum Gasteiger partial charge on any atom is -0.289 e. The molecule has 102 valence electrons. The van der Waals surface area contributed by atoms with Crippen molar-refractivity contribution < 1.29 is 4.79 Å². The van der Waals surface area contributed by atoms with Crippen LogP contribution in [-0.4, -0.2) is 12.0 Å². The van der Waals surface area contributed by atoms with E-state index in [1.807, 2.05) is 30.5 Å². The number of rotatable bonds is 4. The van der Waals surface area contributed by atoms with Crippen molar-refractivity contribution in [2.24, 2.45) is 0 Å². The molecule has 2 aromatic carbocycles. The molecule has 0 atom stereocenters. The van der Waals surface area contributed by atoms with Crippen LogP contribution in [0.25, 0.3) is 6.08 Å². The third-order valence-corrected chi connectivity index (χ3v) is 4.23. The van der Waals surface area contributed by atoms with Crippen molar-refractivity contribution in [2.45, 2.75) is 4.90 Å². The maximum Gasteiger partial charge on any atom is 0.185 e. The van der Waals surface area contributed by atoms with Gasteiger partial charge >= 0.3 is 0 Å². The second-order valence-electron chi connectivity index (χ2n) is 4.10. The summed E-state index contributed by atoms with van der Waals surface area (Å²) in [6, 6.07) is 12.9. The van der Waals surface area contributed by atoms with Gasteiger partial charge in [0, 0.05) is 10.5 Å². The molecule has 0 aliphatic heterocycles. The van der Waals surface area contributed by atoms with Crippen LogP contribution in [0, 0.1) is 0 Å². The Morgan fingerprint density at radius 1 is 1.05 bits per heavy atom. The molecule has 0 bridgehead atoms. The number of ketones is 1. The van der Waals surface area contributed by atoms with Gasteiger partial charge in [0.25, 0.3) is 0 Å². The molecule has 0 radical (unpaired) electrons. The zero-order valence-corrected chi connectivity index (χ0v) is 13.1. The number of allylic oxidation sites excluding steroid dienone is 1. The van der Waals surface area contributed by atoms with Crippen molar-refractivity contribution in [3.63, 3.8) is 0 Å². The number of hydrogen-bond acceptors (Lipinski definition) is 2. The number of carbonyl (C=O) groups is 1. The Morgan fingerprint density at radius 3 is 2.35 bits per heavy atom. The third kappa shape index (κ3) is 3.89. The molecule has 0 unspecified atom stereocenters. The second kappa shape index (κ2) is 6.98. The van der Waals surface area contributed by atoms with Crippen molar-refractivity contribution in [1.29, 1.82) is 0 Å². The van der Waals surface area contributed by atoms with E-state index in [0.29, 0.717) is 15.6 Å². The van der Waals surface area contributed by atoms with Crippen LogP contribution in [0.2, 0.25) is 10.0 Å². The minimum atomic E-state index is -0.0995. The topological polar surface area (TPSA) is 17.1 Å². The van der Waals surface area contributed by atoms with E-state index in [9.17, 15) is 4.79 Å². The van der Waals surface area contributed by atoms with Gasteiger partial charge in [-0.15, -0.1) is 11.8 Å². The minimum absolute atomic E-state index is 0.0995. The molecule has 0 spiro atoms. The highest BCUT2D eigenvalue weighted by Crippen LogP contribution is 2.23. The summed E-state index contributed by atoms with van der Waals surface area (Å²) in [5, 5.41) is 0.829. The van der Waals surface area contributed by atoms with E-state index in [0.717, 1.165) is 5.56 Å². The molecular weight excluding hydrogens is 311 g/mol. The van der Waals surface area contributed by atoms with Crippen LogP contribution in [0.4, 0.5) is 0 Å². The molecule has 20 heavy (non-hydrogen) atoms. The van der Waals surface area contributed by atoms with Crippen LogP contribution in [0.15, 0.2) is 53.4 Å². The Morgan fingerprint density at radius 2 is 1.75 bits per heavy atom. The highest BCUT2D eigenvalue weighted by Gasteiger charge is 2.05. The first-order chi connectivity index (χ1) is 9.60. The summed E-state index contributed by atoms with van der Waals surface area (Å²) in [6.45, 7) is 0. The average Bonchev–Trinajstić information content (AvgIpc) is 2.48. The second-order valence-corrected chi connectivity index (χ2v) is 5.79. The van der Waals surface area contributed by atoms with Crippen LogP contribution in [-0.2, 0) is 0 Å². The van der Waals surface area contributed by atoms with Gasteiger partial charge in [0.1, 0.15) is 0 Å². The van der Waals surface area contributed by atoms with E-state index < -0.39 is 0 Å². The van der Waals surface area contributed by atoms with Crippen molar-refractivity contribution in [2.75, 3.05) is 6.26 Å². The first-order valence-electron chi connectivity index (χ1n) is 5.91. The largest absolute Gasteiger partial charge is 0.289 e. The lowest BCUT2D eigenvalue weighted by molar-refractivity contribution is 0.104. The highest BCUT2D eigenvalue weighted by molar-refractivity contribution is 7.98. The fraction of sp³-hybridized carbons (Fsp3) is 0.0625. The van der Waals surface area contributed by atoms with Crippen molar-refractivity contribution in [3.05, 3.63) is 69.7 Å². The van der Waals surface area contributed by atoms with E-state index in [1.54, 1.807) is 36.0 Å². The van der Waals surface area contributed by atoms with Gasteiger partial charge in [-0.2, -0.15) is 0 Å². The van der Waals surface area contributed by atoms with Gasteiger partial charge in [0.05, 0.1) is 10.0 Å². The normalized spacial score (nSPS) is 10.9. The van der Waals surface area contributed by atoms with E-state index in [2.05, 4.69) is 0 Å². The van der Waals surface area contributed by atoms with Crippen molar-refractivity contribution in [3.8, 4) is 0 Å². The van der Waals surface area contributed by atoms with Crippen LogP contribution >= 0.6 is 35.0 Å². The van der Waals surface area contributed by atoms with E-state index in [-0.39, 0.29) is 5.78 Å². The Balaban J connectivity index is 2.13. The van der Waals surface area contributed by atoms with Crippen LogP contribution < -0.4 is 0 Å². The summed E-state index contributed by atoms with van der Waals surface area (Å²) in [4.78, 5) is 13.2. The Kier molecular flexibility index (Phi) is 5.30. The van der Waals surface area contributed by atoms with Gasteiger partial charge in [-0.05, 0) is 48.2 Å². The number of halogens is 2. The summed E-state index contributed by atoms with van der Waals surface area (Å²) < 4.78 is 0. The maximum absolute atomic E-state index is 12.0. The molecule has 0 aliphatic rings. The molecule has 0 saturated heterocycles. The predicted octanol–water partition coefficient (Wildman–Crippen LogP) is 5.61. The molecule has 0 aliphatic carbocycles. The standard InChI is InChI=1S/C16H12Cl2OS/c1-20-13-6-2-11(3-7-13)4-9-16(19)12-5-8-14(17)15(18)10-12/h2-10H,1H3/b9-4-. The molecule has 2 rings (SSSR count). The summed E-state index contributed by atoms with van der Waals surface area (Å²) >= 11 is 13.4. The fourth-order valence-electron chi connectivity index (χ4n) is 1.63. The van der Waals surface area contributed by atoms with Crippen molar-refractivity contribution >= 4 is 46.8 Å². The quantitative estimate of drug-likeness (QED) is 0.413. The summed E-state index contributed by atoms with van der Waals surface area (Å²) in [7, 11) is 0. The molecule has 0 heterocycles. The Bertz CT molecular complexity index is 648. The molecule has 4 heteroatoms. The molecule has 0 aromatic heterocycles. The van der Waals surface area contributed by atoms with E-state index in [1.165, 1.54) is 11.0 Å². The number of carbonyl (C=O) groups excluding carboxylic acids is 1. The van der Waals surface area contributed by atoms with Gasteiger partial charge in [0.15, 0.2) is 5.78 Å². The Labute approximate surface area is 132 Å². The fourth-order valence-corrected chi connectivity index (χ4v) is 2.34. The smallest absolute Gasteiger partial charge is 0.185 e. The van der Waals surface area contributed by atoms with Gasteiger partial charge in [-0.25, -0.2) is 0 Å². The van der Waals surface area contributed by atoms with Gasteiger partial charge in [-0.1, -0.05) is 41.4 Å². The first-order valence-corrected chi connectivity index (χ1v) is 7.90. The molecule has 0 fully saturated rings. The summed E-state index contributed by atoms with van der Waals surface area (Å²) in [5.41, 5.74) is 1.51. The zero-order valence-electron chi connectivity index (χ0n) is 10.8. The molecule has 2 aromatic rings. The lowest BCUT2D eigenvalue weighted by atomic mass is 10.1. The third-order valence-electron chi connectivity index (χ3n) is 2.75. The van der Waals surface area contributed by atoms with E-state index in [4.69, 9.17) is 23.2 Å². The molecular formula is C16H12Cl2OS. The lowest BCUT2D eigenvalue weighted by Crippen LogP contribution is -1.93. The number of hydrogen-bond donors (Lipinski definition) is 0. The molecule has 1 nitrogen and oxygen atoms in total. The van der Waals surface area contributed by atoms with Crippen LogP contribution in [0.5, 0.6) is 0 Å². The SMILES string of the molecule is CSc1ccc(/C=C\C(=O)c2ccc(Cl)c(Cl)c2)cc1. The monoisotopic (exact) mass is 322 g/mol. The van der Waals surface area contributed by atoms with Crippen LogP contribution in [0.3, 0.4) is 0 Å². The maximum atomic E-state index is 12.0. The first kappa shape index (κ1) is 15.2. The van der Waals surface area contributed by atoms with Crippen LogP contribution in [0.1, 0.15) is 15.9 Å². The molecule has 0 N–H and O–H groups in total. The lowest BCUT2D eigenvalue weighted by Gasteiger charge is -1.99. The van der Waals surface area contributed by atoms with Gasteiger partial charge in [-0.3, -0.25) is 4.79 Å². The predicted molar refractivity (Wildman–Crippen MR) is 88.0 cm³/mol. The van der Waals surface area contributed by atoms with Gasteiger partial charge < -0.3 is 0 Å². The molecule has 0 amide bonds.